The molecule has 0 saturated carbocycles. The molecule has 11 heavy (non-hydrogen) atoms. The molecular formula is C5H12NO4P. The van der Waals surface area contributed by atoms with E-state index in [0.29, 0.717) is 0 Å². The Morgan fingerprint density at radius 3 is 2.73 bits per heavy atom. The van der Waals surface area contributed by atoms with Gasteiger partial charge in [-0.1, -0.05) is 0 Å². The van der Waals surface area contributed by atoms with Crippen molar-refractivity contribution in [3.63, 3.8) is 0 Å². The fraction of sp³-hybridized carbons (Fsp3) is 0.800. The maximum Gasteiger partial charge on any atom is 0.322 e. The summed E-state index contributed by atoms with van der Waals surface area (Å²) in [7, 11) is -1.28. The molecule has 1 unspecified atom stereocenters. The summed E-state index contributed by atoms with van der Waals surface area (Å²) in [6, 6.07) is -0.777. The van der Waals surface area contributed by atoms with Crippen LogP contribution in [-0.4, -0.2) is 30.2 Å². The van der Waals surface area contributed by atoms with Crippen molar-refractivity contribution in [2.75, 3.05) is 13.3 Å². The van der Waals surface area contributed by atoms with Crippen molar-refractivity contribution in [2.24, 2.45) is 5.73 Å². The first-order valence-electron chi connectivity index (χ1n) is 3.13. The summed E-state index contributed by atoms with van der Waals surface area (Å²) >= 11 is 0. The number of nitrogens with two attached hydrogens (primary N) is 1. The Balaban J connectivity index is 3.60. The van der Waals surface area contributed by atoms with Gasteiger partial charge in [-0.25, -0.2) is 0 Å². The molecule has 0 aliphatic heterocycles. The molecule has 66 valence electrons. The van der Waals surface area contributed by atoms with Crippen molar-refractivity contribution in [2.45, 2.75) is 12.5 Å². The van der Waals surface area contributed by atoms with Crippen LogP contribution in [0.25, 0.3) is 0 Å². The van der Waals surface area contributed by atoms with Crippen molar-refractivity contribution in [3.05, 3.63) is 0 Å². The second kappa shape index (κ2) is 5.29. The van der Waals surface area contributed by atoms with Gasteiger partial charge in [-0.2, -0.15) is 0 Å². The minimum absolute atomic E-state index is 0.0704. The van der Waals surface area contributed by atoms with Gasteiger partial charge >= 0.3 is 5.97 Å². The van der Waals surface area contributed by atoms with Crippen molar-refractivity contribution in [1.82, 2.24) is 0 Å². The Kier molecular flexibility index (Phi) is 5.11. The number of rotatable bonds is 4. The van der Waals surface area contributed by atoms with Crippen LogP contribution in [0.3, 0.4) is 0 Å². The van der Waals surface area contributed by atoms with E-state index < -0.39 is 20.0 Å². The van der Waals surface area contributed by atoms with E-state index in [9.17, 15) is 9.36 Å². The largest absolute Gasteiger partial charge is 0.468 e. The highest BCUT2D eigenvalue weighted by atomic mass is 31.1. The fourth-order valence-electron chi connectivity index (χ4n) is 0.548. The van der Waals surface area contributed by atoms with Crippen LogP contribution in [0.2, 0.25) is 0 Å². The molecule has 0 aromatic heterocycles. The van der Waals surface area contributed by atoms with E-state index in [1.165, 1.54) is 7.11 Å². The second-order valence-electron chi connectivity index (χ2n) is 2.06. The van der Waals surface area contributed by atoms with Crippen molar-refractivity contribution in [3.8, 4) is 0 Å². The van der Waals surface area contributed by atoms with Crippen LogP contribution >= 0.6 is 8.03 Å². The van der Waals surface area contributed by atoms with Gasteiger partial charge in [0.15, 0.2) is 8.03 Å². The van der Waals surface area contributed by atoms with Gasteiger partial charge in [-0.15, -0.1) is 0 Å². The maximum atomic E-state index is 10.6. The zero-order valence-electron chi connectivity index (χ0n) is 6.24. The Morgan fingerprint density at radius 2 is 2.36 bits per heavy atom. The summed E-state index contributed by atoms with van der Waals surface area (Å²) in [5.74, 6) is -0.548. The minimum Gasteiger partial charge on any atom is -0.468 e. The number of carbonyl (C=O) groups excluding carboxylic acids is 1. The Morgan fingerprint density at radius 1 is 1.82 bits per heavy atom. The average Bonchev–Trinajstić information content (AvgIpc) is 1.98. The minimum atomic E-state index is -2.51. The molecule has 0 rings (SSSR count). The van der Waals surface area contributed by atoms with Gasteiger partial charge in [0.25, 0.3) is 0 Å². The molecule has 0 aliphatic rings. The van der Waals surface area contributed by atoms with E-state index in [4.69, 9.17) is 10.6 Å². The molecule has 0 aromatic rings. The van der Waals surface area contributed by atoms with Gasteiger partial charge in [0.1, 0.15) is 6.04 Å². The summed E-state index contributed by atoms with van der Waals surface area (Å²) in [4.78, 5) is 19.0. The van der Waals surface area contributed by atoms with Gasteiger partial charge in [0.2, 0.25) is 0 Å². The third-order valence-corrected chi connectivity index (χ3v) is 1.89. The quantitative estimate of drug-likeness (QED) is 0.444. The Hall–Kier alpha value is -0.380. The van der Waals surface area contributed by atoms with E-state index >= 15 is 0 Å². The van der Waals surface area contributed by atoms with Crippen molar-refractivity contribution >= 4 is 14.0 Å². The molecule has 5 nitrogen and oxygen atoms in total. The molecule has 6 heteroatoms. The molecule has 0 bridgehead atoms. The van der Waals surface area contributed by atoms with E-state index in [2.05, 4.69) is 4.74 Å². The van der Waals surface area contributed by atoms with Crippen LogP contribution in [0.4, 0.5) is 0 Å². The van der Waals surface area contributed by atoms with Crippen LogP contribution in [0.15, 0.2) is 0 Å². The highest BCUT2D eigenvalue weighted by Gasteiger charge is 2.13. The second-order valence-corrected chi connectivity index (χ2v) is 3.35. The highest BCUT2D eigenvalue weighted by Crippen LogP contribution is 2.14. The van der Waals surface area contributed by atoms with Gasteiger partial charge in [-0.05, 0) is 6.42 Å². The smallest absolute Gasteiger partial charge is 0.322 e. The number of methoxy groups -OCH3 is 1. The predicted molar refractivity (Wildman–Crippen MR) is 40.7 cm³/mol. The molecule has 0 aliphatic carbocycles. The molecule has 0 spiro atoms. The normalized spacial score (nSPS) is 15.5. The zero-order valence-corrected chi connectivity index (χ0v) is 7.24. The Labute approximate surface area is 65.4 Å². The fourth-order valence-corrected chi connectivity index (χ4v) is 1.11. The van der Waals surface area contributed by atoms with Crippen molar-refractivity contribution < 1.29 is 19.0 Å². The average molecular weight is 181 g/mol. The molecule has 0 heterocycles. The molecule has 3 N–H and O–H groups in total. The molecule has 0 fully saturated rings. The van der Waals surface area contributed by atoms with Gasteiger partial charge in [0.05, 0.1) is 7.11 Å². The summed E-state index contributed by atoms with van der Waals surface area (Å²) < 4.78 is 14.5. The summed E-state index contributed by atoms with van der Waals surface area (Å²) in [5.41, 5.74) is 5.27. The van der Waals surface area contributed by atoms with E-state index in [-0.39, 0.29) is 12.6 Å². The number of carbonyl (C=O) groups is 1. The lowest BCUT2D eigenvalue weighted by atomic mass is 10.2. The van der Waals surface area contributed by atoms with Crippen LogP contribution in [0, 0.1) is 0 Å². The van der Waals surface area contributed by atoms with E-state index in [0.717, 1.165) is 0 Å². The first-order valence-corrected chi connectivity index (χ1v) is 4.69. The third kappa shape index (κ3) is 4.95. The van der Waals surface area contributed by atoms with Crippen LogP contribution < -0.4 is 5.73 Å². The van der Waals surface area contributed by atoms with Gasteiger partial charge < -0.3 is 15.4 Å². The third-order valence-electron chi connectivity index (χ3n) is 1.17. The molecule has 0 saturated heterocycles. The standard InChI is InChI=1S/C5H12NO4P/c1-10-5(7)4(6)2-3-11(8)9/h4,11H,2-3,6H2,1H3,(H,8,9)/t4-/m0/s1. The number of ether oxygens (including phenoxy) is 1. The lowest BCUT2D eigenvalue weighted by Crippen LogP contribution is -2.31. The molecule has 0 aromatic carbocycles. The van der Waals surface area contributed by atoms with Crippen LogP contribution in [0.1, 0.15) is 6.42 Å². The number of hydrogen-bond donors (Lipinski definition) is 2. The van der Waals surface area contributed by atoms with Gasteiger partial charge in [0, 0.05) is 6.16 Å². The maximum absolute atomic E-state index is 10.6. The summed E-state index contributed by atoms with van der Waals surface area (Å²) in [5, 5.41) is 0. The predicted octanol–water partition coefficient (Wildman–Crippen LogP) is -0.656. The summed E-state index contributed by atoms with van der Waals surface area (Å²) in [6.45, 7) is 0. The molecular weight excluding hydrogens is 169 g/mol. The lowest BCUT2D eigenvalue weighted by Gasteiger charge is -2.06. The van der Waals surface area contributed by atoms with Crippen LogP contribution in [0.5, 0.6) is 0 Å². The monoisotopic (exact) mass is 181 g/mol. The van der Waals surface area contributed by atoms with E-state index in [1.807, 2.05) is 0 Å². The molecule has 0 radical (unpaired) electrons. The zero-order chi connectivity index (χ0) is 8.85. The SMILES string of the molecule is COC(=O)[C@@H](N)CC[PH](=O)O. The highest BCUT2D eigenvalue weighted by molar-refractivity contribution is 7.37. The van der Waals surface area contributed by atoms with Gasteiger partial charge in [-0.3, -0.25) is 9.36 Å². The topological polar surface area (TPSA) is 89.6 Å². The molecule has 0 amide bonds. The van der Waals surface area contributed by atoms with Crippen LogP contribution in [-0.2, 0) is 14.1 Å². The first kappa shape index (κ1) is 10.6. The van der Waals surface area contributed by atoms with E-state index in [1.54, 1.807) is 0 Å². The molecule has 2 atom stereocenters. The lowest BCUT2D eigenvalue weighted by molar-refractivity contribution is -0.142. The summed E-state index contributed by atoms with van der Waals surface area (Å²) in [6.07, 6.45) is 0.266. The first-order chi connectivity index (χ1) is 5.07. The van der Waals surface area contributed by atoms with Crippen molar-refractivity contribution in [1.29, 1.82) is 0 Å². The number of esters is 1. The Bertz CT molecular complexity index is 161. The number of hydrogen-bond acceptors (Lipinski definition) is 4.